The molecule has 4 heteroatoms. The van der Waals surface area contributed by atoms with Crippen molar-refractivity contribution in [1.29, 1.82) is 0 Å². The van der Waals surface area contributed by atoms with Gasteiger partial charge >= 0.3 is 0 Å². The predicted octanol–water partition coefficient (Wildman–Crippen LogP) is 3.63. The number of halogens is 2. The lowest BCUT2D eigenvalue weighted by molar-refractivity contribution is 0.106. The van der Waals surface area contributed by atoms with Crippen LogP contribution in [0.4, 0.5) is 10.1 Å². The number of hydrogen-bond donors (Lipinski definition) is 1. The van der Waals surface area contributed by atoms with Gasteiger partial charge in [-0.25, -0.2) is 4.39 Å². The molecule has 0 heterocycles. The average Bonchev–Trinajstić information content (AvgIpc) is 2.14. The van der Waals surface area contributed by atoms with Crippen molar-refractivity contribution in [3.05, 3.63) is 23.0 Å². The van der Waals surface area contributed by atoms with Crippen LogP contribution in [0.3, 0.4) is 0 Å². The van der Waals surface area contributed by atoms with Crippen molar-refractivity contribution in [1.82, 2.24) is 0 Å². The summed E-state index contributed by atoms with van der Waals surface area (Å²) in [6, 6.07) is 2.58. The van der Waals surface area contributed by atoms with Crippen molar-refractivity contribution in [2.24, 2.45) is 0 Å². The van der Waals surface area contributed by atoms with Gasteiger partial charge in [0, 0.05) is 12.1 Å². The Kier molecular flexibility index (Phi) is 3.45. The molecular formula is C11H15ClFNO. The largest absolute Gasteiger partial charge is 0.486 e. The van der Waals surface area contributed by atoms with Crippen LogP contribution < -0.4 is 10.5 Å². The maximum atomic E-state index is 13.0. The first kappa shape index (κ1) is 12.1. The highest BCUT2D eigenvalue weighted by molar-refractivity contribution is 6.31. The van der Waals surface area contributed by atoms with Gasteiger partial charge in [-0.15, -0.1) is 0 Å². The normalized spacial score (nSPS) is 11.5. The summed E-state index contributed by atoms with van der Waals surface area (Å²) in [5, 5.41) is 0.0195. The Bertz CT molecular complexity index is 366. The van der Waals surface area contributed by atoms with Crippen LogP contribution in [-0.4, -0.2) is 5.60 Å². The van der Waals surface area contributed by atoms with Gasteiger partial charge in [-0.2, -0.15) is 0 Å². The minimum Gasteiger partial charge on any atom is -0.486 e. The van der Waals surface area contributed by atoms with E-state index in [1.165, 1.54) is 12.1 Å². The molecule has 0 unspecified atom stereocenters. The lowest BCUT2D eigenvalue weighted by Crippen LogP contribution is -2.27. The molecule has 0 amide bonds. The van der Waals surface area contributed by atoms with Crippen molar-refractivity contribution >= 4 is 17.3 Å². The molecule has 0 aliphatic heterocycles. The summed E-state index contributed by atoms with van der Waals surface area (Å²) >= 11 is 5.65. The molecule has 1 aromatic carbocycles. The second-order valence-electron chi connectivity index (χ2n) is 4.02. The van der Waals surface area contributed by atoms with Crippen molar-refractivity contribution in [2.75, 3.05) is 5.73 Å². The summed E-state index contributed by atoms with van der Waals surface area (Å²) in [6.45, 7) is 5.87. The Morgan fingerprint density at radius 1 is 1.47 bits per heavy atom. The molecule has 0 saturated carbocycles. The van der Waals surface area contributed by atoms with Crippen LogP contribution in [-0.2, 0) is 0 Å². The molecule has 15 heavy (non-hydrogen) atoms. The quantitative estimate of drug-likeness (QED) is 0.807. The molecule has 1 rings (SSSR count). The fraction of sp³-hybridized carbons (Fsp3) is 0.455. The van der Waals surface area contributed by atoms with Gasteiger partial charge < -0.3 is 10.5 Å². The second kappa shape index (κ2) is 4.27. The average molecular weight is 232 g/mol. The summed E-state index contributed by atoms with van der Waals surface area (Å²) in [4.78, 5) is 0. The van der Waals surface area contributed by atoms with Gasteiger partial charge in [0.2, 0.25) is 0 Å². The van der Waals surface area contributed by atoms with Crippen molar-refractivity contribution in [2.45, 2.75) is 32.8 Å². The minimum atomic E-state index is -0.532. The highest BCUT2D eigenvalue weighted by Crippen LogP contribution is 2.31. The fourth-order valence-electron chi connectivity index (χ4n) is 1.00. The van der Waals surface area contributed by atoms with Gasteiger partial charge in [-0.3, -0.25) is 0 Å². The first-order valence-corrected chi connectivity index (χ1v) is 5.17. The zero-order valence-electron chi connectivity index (χ0n) is 9.10. The van der Waals surface area contributed by atoms with E-state index in [2.05, 4.69) is 0 Å². The number of rotatable bonds is 3. The smallest absolute Gasteiger partial charge is 0.144 e. The van der Waals surface area contributed by atoms with E-state index >= 15 is 0 Å². The first-order chi connectivity index (χ1) is 6.85. The third kappa shape index (κ3) is 2.99. The van der Waals surface area contributed by atoms with E-state index in [1.807, 2.05) is 20.8 Å². The number of hydrogen-bond acceptors (Lipinski definition) is 2. The topological polar surface area (TPSA) is 35.2 Å². The lowest BCUT2D eigenvalue weighted by Gasteiger charge is -2.25. The number of nitrogens with two attached hydrogens (primary N) is 1. The molecule has 0 aromatic heterocycles. The van der Waals surface area contributed by atoms with Crippen molar-refractivity contribution in [3.8, 4) is 5.75 Å². The third-order valence-corrected chi connectivity index (χ3v) is 2.58. The fourth-order valence-corrected chi connectivity index (χ4v) is 1.16. The second-order valence-corrected chi connectivity index (χ2v) is 4.43. The van der Waals surface area contributed by atoms with Gasteiger partial charge in [-0.05, 0) is 20.3 Å². The molecule has 0 aliphatic rings. The zero-order chi connectivity index (χ0) is 11.6. The van der Waals surface area contributed by atoms with Gasteiger partial charge in [0.1, 0.15) is 17.2 Å². The van der Waals surface area contributed by atoms with Gasteiger partial charge in [0.05, 0.1) is 10.7 Å². The highest BCUT2D eigenvalue weighted by Gasteiger charge is 2.19. The highest BCUT2D eigenvalue weighted by atomic mass is 35.5. The van der Waals surface area contributed by atoms with Crippen LogP contribution >= 0.6 is 11.6 Å². The Balaban J connectivity index is 3.01. The van der Waals surface area contributed by atoms with Crippen LogP contribution in [0.1, 0.15) is 27.2 Å². The van der Waals surface area contributed by atoms with Gasteiger partial charge in [0.15, 0.2) is 0 Å². The Labute approximate surface area is 94.2 Å². The van der Waals surface area contributed by atoms with E-state index in [9.17, 15) is 4.39 Å². The summed E-state index contributed by atoms with van der Waals surface area (Å²) in [7, 11) is 0. The van der Waals surface area contributed by atoms with E-state index in [4.69, 9.17) is 22.1 Å². The lowest BCUT2D eigenvalue weighted by atomic mass is 10.1. The molecule has 84 valence electrons. The maximum Gasteiger partial charge on any atom is 0.144 e. The van der Waals surface area contributed by atoms with Crippen molar-refractivity contribution in [3.63, 3.8) is 0 Å². The molecule has 0 saturated heterocycles. The zero-order valence-corrected chi connectivity index (χ0v) is 9.86. The molecule has 1 aromatic rings. The van der Waals surface area contributed by atoms with E-state index in [0.29, 0.717) is 5.75 Å². The third-order valence-electron chi connectivity index (χ3n) is 2.29. The van der Waals surface area contributed by atoms with E-state index in [0.717, 1.165) is 6.42 Å². The number of nitrogen functional groups attached to an aromatic ring is 1. The van der Waals surface area contributed by atoms with Crippen LogP contribution in [0.15, 0.2) is 12.1 Å². The standard InChI is InChI=1S/C11H15ClFNO/c1-4-11(2,3)15-10-5-7(12)8(13)6-9(10)14/h5-6H,4,14H2,1-3H3. The molecule has 0 radical (unpaired) electrons. The minimum absolute atomic E-state index is 0.0195. The first-order valence-electron chi connectivity index (χ1n) is 4.79. The summed E-state index contributed by atoms with van der Waals surface area (Å²) in [5.74, 6) is -0.107. The predicted molar refractivity (Wildman–Crippen MR) is 60.8 cm³/mol. The van der Waals surface area contributed by atoms with E-state index < -0.39 is 5.82 Å². The molecule has 0 bridgehead atoms. The Morgan fingerprint density at radius 3 is 2.60 bits per heavy atom. The molecule has 0 aliphatic carbocycles. The van der Waals surface area contributed by atoms with Gasteiger partial charge in [-0.1, -0.05) is 18.5 Å². The monoisotopic (exact) mass is 231 g/mol. The molecular weight excluding hydrogens is 217 g/mol. The van der Waals surface area contributed by atoms with Crippen LogP contribution in [0.2, 0.25) is 5.02 Å². The SMILES string of the molecule is CCC(C)(C)Oc1cc(Cl)c(F)cc1N. The van der Waals surface area contributed by atoms with Crippen LogP contribution in [0.25, 0.3) is 0 Å². The summed E-state index contributed by atoms with van der Waals surface area (Å²) in [6.07, 6.45) is 0.821. The summed E-state index contributed by atoms with van der Waals surface area (Å²) < 4.78 is 18.6. The van der Waals surface area contributed by atoms with E-state index in [1.54, 1.807) is 0 Å². The molecule has 0 fully saturated rings. The molecule has 0 atom stereocenters. The molecule has 2 N–H and O–H groups in total. The van der Waals surface area contributed by atoms with Crippen LogP contribution in [0, 0.1) is 5.82 Å². The molecule has 2 nitrogen and oxygen atoms in total. The number of anilines is 1. The van der Waals surface area contributed by atoms with E-state index in [-0.39, 0.29) is 16.3 Å². The number of benzene rings is 1. The summed E-state index contributed by atoms with van der Waals surface area (Å²) in [5.41, 5.74) is 5.55. The van der Waals surface area contributed by atoms with Crippen LogP contribution in [0.5, 0.6) is 5.75 Å². The number of ether oxygens (including phenoxy) is 1. The maximum absolute atomic E-state index is 13.0. The molecule has 0 spiro atoms. The Hall–Kier alpha value is -0.960. The van der Waals surface area contributed by atoms with Crippen molar-refractivity contribution < 1.29 is 9.13 Å². The van der Waals surface area contributed by atoms with Gasteiger partial charge in [0.25, 0.3) is 0 Å². The Morgan fingerprint density at radius 2 is 2.07 bits per heavy atom.